The van der Waals surface area contributed by atoms with Crippen molar-refractivity contribution < 1.29 is 18.4 Å². The number of halogens is 1. The van der Waals surface area contributed by atoms with E-state index in [1.165, 1.54) is 12.1 Å². The molecule has 2 heterocycles. The Labute approximate surface area is 152 Å². The van der Waals surface area contributed by atoms with E-state index in [0.29, 0.717) is 36.1 Å². The second kappa shape index (κ2) is 8.42. The van der Waals surface area contributed by atoms with E-state index in [0.717, 1.165) is 13.1 Å². The number of hydrogen-bond donors (Lipinski definition) is 1. The molecule has 1 aromatic carbocycles. The SMILES string of the molecule is CC(C)N1CCOC(CC(=O)NCc2cc(-c3cccc(F)c3)no2)C1. The van der Waals surface area contributed by atoms with Crippen LogP contribution >= 0.6 is 0 Å². The highest BCUT2D eigenvalue weighted by Gasteiger charge is 2.24. The molecule has 7 heteroatoms. The van der Waals surface area contributed by atoms with E-state index in [1.807, 2.05) is 0 Å². The van der Waals surface area contributed by atoms with Gasteiger partial charge < -0.3 is 14.6 Å². The smallest absolute Gasteiger partial charge is 0.223 e. The normalized spacial score (nSPS) is 18.2. The van der Waals surface area contributed by atoms with E-state index >= 15 is 0 Å². The minimum absolute atomic E-state index is 0.0932. The number of benzene rings is 1. The van der Waals surface area contributed by atoms with Gasteiger partial charge in [0.15, 0.2) is 5.76 Å². The van der Waals surface area contributed by atoms with Crippen molar-refractivity contribution in [2.75, 3.05) is 19.7 Å². The lowest BCUT2D eigenvalue weighted by Crippen LogP contribution is -2.47. The van der Waals surface area contributed by atoms with Crippen LogP contribution in [0.2, 0.25) is 0 Å². The van der Waals surface area contributed by atoms with Crippen molar-refractivity contribution in [3.63, 3.8) is 0 Å². The number of hydrogen-bond acceptors (Lipinski definition) is 5. The fourth-order valence-corrected chi connectivity index (χ4v) is 2.98. The fraction of sp³-hybridized carbons (Fsp3) is 0.474. The molecular weight excluding hydrogens is 337 g/mol. The van der Waals surface area contributed by atoms with Crippen molar-refractivity contribution in [3.05, 3.63) is 41.9 Å². The number of ether oxygens (including phenoxy) is 1. The van der Waals surface area contributed by atoms with E-state index in [2.05, 4.69) is 29.2 Å². The lowest BCUT2D eigenvalue weighted by Gasteiger charge is -2.35. The predicted molar refractivity (Wildman–Crippen MR) is 94.8 cm³/mol. The molecule has 26 heavy (non-hydrogen) atoms. The summed E-state index contributed by atoms with van der Waals surface area (Å²) in [5, 5.41) is 6.75. The van der Waals surface area contributed by atoms with Crippen molar-refractivity contribution in [2.24, 2.45) is 0 Å². The number of rotatable bonds is 6. The summed E-state index contributed by atoms with van der Waals surface area (Å²) in [6.07, 6.45) is 0.220. The summed E-state index contributed by atoms with van der Waals surface area (Å²) < 4.78 is 24.2. The Bertz CT molecular complexity index is 747. The van der Waals surface area contributed by atoms with Crippen molar-refractivity contribution >= 4 is 5.91 Å². The molecule has 2 aromatic rings. The van der Waals surface area contributed by atoms with Gasteiger partial charge in [0.05, 0.1) is 25.7 Å². The summed E-state index contributed by atoms with van der Waals surface area (Å²) in [4.78, 5) is 14.5. The number of nitrogens with one attached hydrogen (secondary N) is 1. The first-order valence-electron chi connectivity index (χ1n) is 8.85. The van der Waals surface area contributed by atoms with Crippen molar-refractivity contribution in [3.8, 4) is 11.3 Å². The first-order chi connectivity index (χ1) is 12.5. The summed E-state index contributed by atoms with van der Waals surface area (Å²) in [5.74, 6) is 0.0959. The van der Waals surface area contributed by atoms with Crippen LogP contribution in [-0.4, -0.2) is 47.8 Å². The molecule has 1 N–H and O–H groups in total. The Hall–Kier alpha value is -2.25. The van der Waals surface area contributed by atoms with Gasteiger partial charge in [-0.3, -0.25) is 9.69 Å². The van der Waals surface area contributed by atoms with E-state index in [4.69, 9.17) is 9.26 Å². The lowest BCUT2D eigenvalue weighted by molar-refractivity contribution is -0.126. The third-order valence-corrected chi connectivity index (χ3v) is 4.45. The van der Waals surface area contributed by atoms with E-state index < -0.39 is 0 Å². The molecule has 140 valence electrons. The summed E-state index contributed by atoms with van der Waals surface area (Å²) >= 11 is 0. The number of nitrogens with zero attached hydrogens (tertiary/aromatic N) is 2. The van der Waals surface area contributed by atoms with Crippen LogP contribution in [0.5, 0.6) is 0 Å². The average Bonchev–Trinajstić information content (AvgIpc) is 3.09. The Morgan fingerprint density at radius 3 is 3.04 bits per heavy atom. The number of morpholine rings is 1. The zero-order valence-electron chi connectivity index (χ0n) is 15.1. The highest BCUT2D eigenvalue weighted by molar-refractivity contribution is 5.76. The van der Waals surface area contributed by atoms with Gasteiger partial charge in [0.25, 0.3) is 0 Å². The summed E-state index contributed by atoms with van der Waals surface area (Å²) in [6.45, 7) is 6.83. The molecule has 0 bridgehead atoms. The van der Waals surface area contributed by atoms with Crippen LogP contribution in [0.15, 0.2) is 34.9 Å². The number of aromatic nitrogens is 1. The number of carbonyl (C=O) groups excluding carboxylic acids is 1. The molecule has 0 spiro atoms. The predicted octanol–water partition coefficient (Wildman–Crippen LogP) is 2.60. The zero-order valence-corrected chi connectivity index (χ0v) is 15.1. The highest BCUT2D eigenvalue weighted by Crippen LogP contribution is 2.20. The largest absolute Gasteiger partial charge is 0.375 e. The topological polar surface area (TPSA) is 67.6 Å². The van der Waals surface area contributed by atoms with Gasteiger partial charge in [-0.15, -0.1) is 0 Å². The van der Waals surface area contributed by atoms with Gasteiger partial charge >= 0.3 is 0 Å². The molecule has 1 aromatic heterocycles. The molecule has 1 saturated heterocycles. The number of amides is 1. The minimum atomic E-state index is -0.330. The van der Waals surface area contributed by atoms with E-state index in [9.17, 15) is 9.18 Å². The quantitative estimate of drug-likeness (QED) is 0.857. The monoisotopic (exact) mass is 361 g/mol. The first-order valence-corrected chi connectivity index (χ1v) is 8.85. The summed E-state index contributed by atoms with van der Waals surface area (Å²) in [5.41, 5.74) is 1.17. The third-order valence-electron chi connectivity index (χ3n) is 4.45. The van der Waals surface area contributed by atoms with E-state index in [-0.39, 0.29) is 24.4 Å². The third kappa shape index (κ3) is 4.89. The minimum Gasteiger partial charge on any atom is -0.375 e. The highest BCUT2D eigenvalue weighted by atomic mass is 19.1. The Balaban J connectivity index is 1.49. The molecule has 0 radical (unpaired) electrons. The van der Waals surface area contributed by atoms with Crippen LogP contribution in [0.25, 0.3) is 11.3 Å². The Morgan fingerprint density at radius 2 is 2.27 bits per heavy atom. The molecule has 1 unspecified atom stereocenters. The molecule has 6 nitrogen and oxygen atoms in total. The average molecular weight is 361 g/mol. The van der Waals surface area contributed by atoms with Gasteiger partial charge in [-0.05, 0) is 26.0 Å². The summed E-state index contributed by atoms with van der Waals surface area (Å²) in [6, 6.07) is 8.28. The molecule has 3 rings (SSSR count). The molecule has 1 fully saturated rings. The van der Waals surface area contributed by atoms with Crippen LogP contribution in [0.1, 0.15) is 26.0 Å². The van der Waals surface area contributed by atoms with Crippen LogP contribution in [0.4, 0.5) is 4.39 Å². The number of carbonyl (C=O) groups is 1. The molecule has 1 amide bonds. The fourth-order valence-electron chi connectivity index (χ4n) is 2.98. The Morgan fingerprint density at radius 1 is 1.42 bits per heavy atom. The van der Waals surface area contributed by atoms with Crippen LogP contribution in [0, 0.1) is 5.82 Å². The van der Waals surface area contributed by atoms with Gasteiger partial charge in [0, 0.05) is 30.8 Å². The van der Waals surface area contributed by atoms with Crippen LogP contribution in [0.3, 0.4) is 0 Å². The summed E-state index contributed by atoms with van der Waals surface area (Å²) in [7, 11) is 0. The standard InChI is InChI=1S/C19H24FN3O3/c1-13(2)23-6-7-25-17(12-23)10-19(24)21-11-16-9-18(22-26-16)14-4-3-5-15(20)8-14/h3-5,8-9,13,17H,6-7,10-12H2,1-2H3,(H,21,24). The lowest BCUT2D eigenvalue weighted by atomic mass is 10.1. The maximum atomic E-state index is 13.3. The van der Waals surface area contributed by atoms with Gasteiger partial charge in [0.1, 0.15) is 11.5 Å². The second-order valence-electron chi connectivity index (χ2n) is 6.75. The van der Waals surface area contributed by atoms with Gasteiger partial charge in [0.2, 0.25) is 5.91 Å². The van der Waals surface area contributed by atoms with Gasteiger partial charge in [-0.2, -0.15) is 0 Å². The molecule has 1 aliphatic rings. The molecule has 1 atom stereocenters. The second-order valence-corrected chi connectivity index (χ2v) is 6.75. The van der Waals surface area contributed by atoms with Crippen LogP contribution in [-0.2, 0) is 16.1 Å². The van der Waals surface area contributed by atoms with E-state index in [1.54, 1.807) is 18.2 Å². The molecule has 0 aliphatic carbocycles. The van der Waals surface area contributed by atoms with Gasteiger partial charge in [-0.1, -0.05) is 17.3 Å². The molecular formula is C19H24FN3O3. The first kappa shape index (κ1) is 18.5. The maximum absolute atomic E-state index is 13.3. The van der Waals surface area contributed by atoms with Crippen molar-refractivity contribution in [2.45, 2.75) is 39.0 Å². The van der Waals surface area contributed by atoms with Crippen molar-refractivity contribution in [1.82, 2.24) is 15.4 Å². The van der Waals surface area contributed by atoms with Crippen LogP contribution < -0.4 is 5.32 Å². The molecule has 1 aliphatic heterocycles. The Kier molecular flexibility index (Phi) is 6.00. The van der Waals surface area contributed by atoms with Gasteiger partial charge in [-0.25, -0.2) is 4.39 Å². The van der Waals surface area contributed by atoms with Crippen molar-refractivity contribution in [1.29, 1.82) is 0 Å². The maximum Gasteiger partial charge on any atom is 0.223 e. The molecule has 0 saturated carbocycles. The zero-order chi connectivity index (χ0) is 18.5.